The summed E-state index contributed by atoms with van der Waals surface area (Å²) in [6, 6.07) is 9.14. The van der Waals surface area contributed by atoms with E-state index in [4.69, 9.17) is 4.74 Å². The topological polar surface area (TPSA) is 46.6 Å². The van der Waals surface area contributed by atoms with Crippen LogP contribution in [-0.4, -0.2) is 43.1 Å². The summed E-state index contributed by atoms with van der Waals surface area (Å²) in [4.78, 5) is 26.2. The molecule has 1 rings (SSSR count). The highest BCUT2D eigenvalue weighted by Gasteiger charge is 2.12. The van der Waals surface area contributed by atoms with Crippen LogP contribution in [0.5, 0.6) is 0 Å². The number of nitrogens with zero attached hydrogens (tertiary/aromatic N) is 1. The highest BCUT2D eigenvalue weighted by atomic mass is 32.2. The Hall–Kier alpha value is -2.01. The van der Waals surface area contributed by atoms with Crippen LogP contribution in [0.2, 0.25) is 0 Å². The third-order valence-corrected chi connectivity index (χ3v) is 3.47. The Balaban J connectivity index is 2.71. The van der Waals surface area contributed by atoms with E-state index in [0.29, 0.717) is 22.8 Å². The van der Waals surface area contributed by atoms with E-state index < -0.39 is 0 Å². The first-order valence-electron chi connectivity index (χ1n) is 6.98. The number of benzene rings is 1. The zero-order chi connectivity index (χ0) is 16.4. The van der Waals surface area contributed by atoms with Gasteiger partial charge in [0.25, 0.3) is 0 Å². The molecule has 0 aliphatic carbocycles. The summed E-state index contributed by atoms with van der Waals surface area (Å²) >= 11 is 1.39. The van der Waals surface area contributed by atoms with E-state index in [1.54, 1.807) is 31.3 Å². The molecule has 118 valence electrons. The molecule has 0 spiro atoms. The van der Waals surface area contributed by atoms with Gasteiger partial charge in [-0.1, -0.05) is 36.4 Å². The van der Waals surface area contributed by atoms with E-state index in [1.165, 1.54) is 17.8 Å². The van der Waals surface area contributed by atoms with E-state index in [2.05, 4.69) is 0 Å². The molecule has 0 aliphatic rings. The van der Waals surface area contributed by atoms with Crippen molar-refractivity contribution in [1.29, 1.82) is 0 Å². The third kappa shape index (κ3) is 6.63. The minimum atomic E-state index is -0.365. The van der Waals surface area contributed by atoms with Crippen LogP contribution in [0.25, 0.3) is 0 Å². The molecule has 0 radical (unpaired) electrons. The fourth-order valence-electron chi connectivity index (χ4n) is 1.60. The van der Waals surface area contributed by atoms with Gasteiger partial charge in [0.15, 0.2) is 0 Å². The molecule has 1 aromatic rings. The van der Waals surface area contributed by atoms with Crippen LogP contribution >= 0.6 is 11.8 Å². The number of hydrogen-bond donors (Lipinski definition) is 0. The van der Waals surface area contributed by atoms with Crippen molar-refractivity contribution in [1.82, 2.24) is 4.90 Å². The van der Waals surface area contributed by atoms with Crippen LogP contribution < -0.4 is 0 Å². The molecule has 0 unspecified atom stereocenters. The van der Waals surface area contributed by atoms with Crippen molar-refractivity contribution in [2.75, 3.05) is 26.5 Å². The molecule has 0 N–H and O–H groups in total. The lowest BCUT2D eigenvalue weighted by molar-refractivity contribution is -0.137. The van der Waals surface area contributed by atoms with Gasteiger partial charge < -0.3 is 9.64 Å². The van der Waals surface area contributed by atoms with Gasteiger partial charge in [0.05, 0.1) is 11.5 Å². The number of ether oxygens (including phenoxy) is 1. The number of hydrogen-bond acceptors (Lipinski definition) is 5. The first-order valence-corrected chi connectivity index (χ1v) is 7.97. The zero-order valence-electron chi connectivity index (χ0n) is 13.1. The molecule has 0 heterocycles. The second kappa shape index (κ2) is 9.84. The van der Waals surface area contributed by atoms with Gasteiger partial charge in [-0.15, -0.1) is 11.8 Å². The molecule has 0 fully saturated rings. The molecule has 1 aromatic carbocycles. The van der Waals surface area contributed by atoms with Crippen molar-refractivity contribution >= 4 is 23.5 Å². The summed E-state index contributed by atoms with van der Waals surface area (Å²) in [7, 11) is 3.74. The van der Waals surface area contributed by atoms with Gasteiger partial charge in [-0.2, -0.15) is 0 Å². The maximum absolute atomic E-state index is 12.5. The SMILES string of the molecule is CCOC(=O)/C=C/CS/C(=C/N(C)C)C(=O)c1ccccc1. The van der Waals surface area contributed by atoms with E-state index >= 15 is 0 Å². The van der Waals surface area contributed by atoms with Crippen LogP contribution in [0, 0.1) is 0 Å². The summed E-state index contributed by atoms with van der Waals surface area (Å²) in [5, 5.41) is 0. The van der Waals surface area contributed by atoms with Gasteiger partial charge in [-0.3, -0.25) is 4.79 Å². The molecule has 0 amide bonds. The van der Waals surface area contributed by atoms with Crippen LogP contribution in [0.15, 0.2) is 53.6 Å². The number of Topliss-reactive ketones (excluding diaryl/α,β-unsaturated/α-hetero) is 1. The molecule has 4 nitrogen and oxygen atoms in total. The molecule has 0 atom stereocenters. The minimum Gasteiger partial charge on any atom is -0.463 e. The van der Waals surface area contributed by atoms with Gasteiger partial charge in [0.1, 0.15) is 0 Å². The number of thioether (sulfide) groups is 1. The number of allylic oxidation sites excluding steroid dienone is 1. The Kier molecular flexibility index (Phi) is 8.07. The first kappa shape index (κ1) is 18.0. The molecule has 22 heavy (non-hydrogen) atoms. The smallest absolute Gasteiger partial charge is 0.330 e. The fraction of sp³-hybridized carbons (Fsp3) is 0.294. The van der Waals surface area contributed by atoms with Gasteiger partial charge in [0.2, 0.25) is 5.78 Å². The number of carbonyl (C=O) groups excluding carboxylic acids is 2. The molecule has 0 bridgehead atoms. The Morgan fingerprint density at radius 1 is 1.23 bits per heavy atom. The molecule has 0 saturated carbocycles. The second-order valence-corrected chi connectivity index (χ2v) is 5.68. The second-order valence-electron chi connectivity index (χ2n) is 4.62. The van der Waals surface area contributed by atoms with E-state index in [0.717, 1.165) is 0 Å². The lowest BCUT2D eigenvalue weighted by Gasteiger charge is -2.10. The molecular weight excluding hydrogens is 298 g/mol. The highest BCUT2D eigenvalue weighted by Crippen LogP contribution is 2.21. The zero-order valence-corrected chi connectivity index (χ0v) is 13.9. The summed E-state index contributed by atoms with van der Waals surface area (Å²) in [6.07, 6.45) is 4.87. The maximum Gasteiger partial charge on any atom is 0.330 e. The van der Waals surface area contributed by atoms with Gasteiger partial charge in [0, 0.05) is 37.7 Å². The fourth-order valence-corrected chi connectivity index (χ4v) is 2.51. The van der Waals surface area contributed by atoms with Crippen molar-refractivity contribution in [3.63, 3.8) is 0 Å². The third-order valence-electron chi connectivity index (χ3n) is 2.51. The Labute approximate surface area is 135 Å². The van der Waals surface area contributed by atoms with Crippen molar-refractivity contribution < 1.29 is 14.3 Å². The van der Waals surface area contributed by atoms with Crippen LogP contribution in [0.1, 0.15) is 17.3 Å². The number of rotatable bonds is 8. The molecule has 0 aromatic heterocycles. The van der Waals surface area contributed by atoms with Crippen LogP contribution in [0.3, 0.4) is 0 Å². The molecule has 5 heteroatoms. The van der Waals surface area contributed by atoms with Gasteiger partial charge in [-0.25, -0.2) is 4.79 Å². The van der Waals surface area contributed by atoms with Crippen molar-refractivity contribution in [3.8, 4) is 0 Å². The Bertz CT molecular complexity index is 550. The average Bonchev–Trinajstić information content (AvgIpc) is 2.50. The van der Waals surface area contributed by atoms with E-state index in [9.17, 15) is 9.59 Å². The predicted octanol–water partition coefficient (Wildman–Crippen LogP) is 3.12. The summed E-state index contributed by atoms with van der Waals surface area (Å²) in [6.45, 7) is 2.12. The average molecular weight is 319 g/mol. The lowest BCUT2D eigenvalue weighted by atomic mass is 10.1. The normalized spacial score (nSPS) is 11.5. The van der Waals surface area contributed by atoms with Gasteiger partial charge in [-0.05, 0) is 6.92 Å². The minimum absolute atomic E-state index is 0.0242. The molecular formula is C17H21NO3S. The maximum atomic E-state index is 12.5. The van der Waals surface area contributed by atoms with Crippen molar-refractivity contribution in [2.24, 2.45) is 0 Å². The lowest BCUT2D eigenvalue weighted by Crippen LogP contribution is -2.08. The number of carbonyl (C=O) groups is 2. The number of esters is 1. The summed E-state index contributed by atoms with van der Waals surface area (Å²) in [5.74, 6) is 0.135. The molecule has 0 saturated heterocycles. The summed E-state index contributed by atoms with van der Waals surface area (Å²) < 4.78 is 4.81. The van der Waals surface area contributed by atoms with Crippen LogP contribution in [-0.2, 0) is 9.53 Å². The summed E-state index contributed by atoms with van der Waals surface area (Å²) in [5.41, 5.74) is 0.650. The van der Waals surface area contributed by atoms with Gasteiger partial charge >= 0.3 is 5.97 Å². The Morgan fingerprint density at radius 2 is 1.91 bits per heavy atom. The monoisotopic (exact) mass is 319 g/mol. The van der Waals surface area contributed by atoms with E-state index in [-0.39, 0.29) is 11.8 Å². The van der Waals surface area contributed by atoms with Crippen molar-refractivity contribution in [3.05, 3.63) is 59.2 Å². The number of ketones is 1. The standard InChI is InChI=1S/C17H21NO3S/c1-4-21-16(19)11-8-12-22-15(13-18(2)3)17(20)14-9-6-5-7-10-14/h5-11,13H,4,12H2,1-3H3/b11-8+,15-13+. The Morgan fingerprint density at radius 3 is 2.50 bits per heavy atom. The molecule has 0 aliphatic heterocycles. The van der Waals surface area contributed by atoms with E-state index in [1.807, 2.05) is 37.2 Å². The van der Waals surface area contributed by atoms with Crippen LogP contribution in [0.4, 0.5) is 0 Å². The predicted molar refractivity (Wildman–Crippen MR) is 90.8 cm³/mol. The quantitative estimate of drug-likeness (QED) is 0.418. The van der Waals surface area contributed by atoms with Crippen molar-refractivity contribution in [2.45, 2.75) is 6.92 Å². The largest absolute Gasteiger partial charge is 0.463 e. The highest BCUT2D eigenvalue weighted by molar-refractivity contribution is 8.04. The first-order chi connectivity index (χ1) is 10.5.